The monoisotopic (exact) mass is 661 g/mol. The lowest BCUT2D eigenvalue weighted by molar-refractivity contribution is -0.140. The summed E-state index contributed by atoms with van der Waals surface area (Å²) in [4.78, 5) is 29.8. The Morgan fingerprint density at radius 2 is 1.57 bits per heavy atom. The molecule has 4 aromatic carbocycles. The predicted molar refractivity (Wildman–Crippen MR) is 183 cm³/mol. The van der Waals surface area contributed by atoms with Crippen LogP contribution in [0, 0.1) is 6.92 Å². The van der Waals surface area contributed by atoms with Crippen molar-refractivity contribution in [3.8, 4) is 5.75 Å². The van der Waals surface area contributed by atoms with Gasteiger partial charge in [-0.3, -0.25) is 13.9 Å². The van der Waals surface area contributed by atoms with Gasteiger partial charge in [-0.05, 0) is 73.0 Å². The van der Waals surface area contributed by atoms with Crippen molar-refractivity contribution in [2.24, 2.45) is 0 Å². The molecule has 10 heteroatoms. The van der Waals surface area contributed by atoms with E-state index in [0.29, 0.717) is 22.9 Å². The first-order valence-corrected chi connectivity index (χ1v) is 17.0. The first kappa shape index (κ1) is 34.5. The van der Waals surface area contributed by atoms with E-state index in [-0.39, 0.29) is 29.5 Å². The molecule has 0 aromatic heterocycles. The largest absolute Gasteiger partial charge is 0.497 e. The Bertz CT molecular complexity index is 1700. The number of nitrogens with zero attached hydrogens (tertiary/aromatic N) is 2. The molecule has 0 radical (unpaired) electrons. The Kier molecular flexibility index (Phi) is 12.2. The molecule has 0 saturated heterocycles. The van der Waals surface area contributed by atoms with Crippen molar-refractivity contribution in [3.05, 3.63) is 125 Å². The average molecular weight is 662 g/mol. The van der Waals surface area contributed by atoms with E-state index in [2.05, 4.69) is 5.32 Å². The maximum Gasteiger partial charge on any atom is 0.264 e. The summed E-state index contributed by atoms with van der Waals surface area (Å²) in [6, 6.07) is 28.5. The van der Waals surface area contributed by atoms with Crippen LogP contribution in [-0.2, 0) is 32.6 Å². The Hall–Kier alpha value is -4.34. The summed E-state index contributed by atoms with van der Waals surface area (Å²) in [7, 11) is -2.68. The number of amides is 2. The van der Waals surface area contributed by atoms with Crippen molar-refractivity contribution >= 4 is 39.1 Å². The Morgan fingerprint density at radius 1 is 0.891 bits per heavy atom. The number of rotatable bonds is 15. The van der Waals surface area contributed by atoms with Crippen LogP contribution in [-0.4, -0.2) is 51.4 Å². The van der Waals surface area contributed by atoms with E-state index >= 15 is 0 Å². The molecule has 46 heavy (non-hydrogen) atoms. The van der Waals surface area contributed by atoms with Gasteiger partial charge in [0.1, 0.15) is 18.3 Å². The average Bonchev–Trinajstić information content (AvgIpc) is 3.06. The molecular weight excluding hydrogens is 622 g/mol. The smallest absolute Gasteiger partial charge is 0.264 e. The minimum Gasteiger partial charge on any atom is -0.497 e. The van der Waals surface area contributed by atoms with Gasteiger partial charge in [0, 0.05) is 24.5 Å². The summed E-state index contributed by atoms with van der Waals surface area (Å²) in [5.41, 5.74) is 2.75. The van der Waals surface area contributed by atoms with Gasteiger partial charge in [-0.15, -0.1) is 0 Å². The van der Waals surface area contributed by atoms with Crippen molar-refractivity contribution < 1.29 is 22.7 Å². The van der Waals surface area contributed by atoms with E-state index in [4.69, 9.17) is 16.3 Å². The van der Waals surface area contributed by atoms with Crippen molar-refractivity contribution in [1.82, 2.24) is 10.2 Å². The number of hydrogen-bond donors (Lipinski definition) is 1. The van der Waals surface area contributed by atoms with Crippen molar-refractivity contribution in [2.75, 3.05) is 24.5 Å². The van der Waals surface area contributed by atoms with Crippen LogP contribution in [0.4, 0.5) is 5.69 Å². The molecule has 242 valence electrons. The van der Waals surface area contributed by atoms with Crippen LogP contribution in [0.3, 0.4) is 0 Å². The fraction of sp³-hybridized carbons (Fsp3) is 0.278. The molecule has 0 heterocycles. The molecule has 2 amide bonds. The highest BCUT2D eigenvalue weighted by Crippen LogP contribution is 2.27. The highest BCUT2D eigenvalue weighted by molar-refractivity contribution is 7.92. The number of halogens is 1. The number of ether oxygens (including phenoxy) is 1. The summed E-state index contributed by atoms with van der Waals surface area (Å²) in [5.74, 6) is -0.319. The fourth-order valence-electron chi connectivity index (χ4n) is 5.01. The topological polar surface area (TPSA) is 96.0 Å². The van der Waals surface area contributed by atoms with E-state index in [1.165, 1.54) is 24.1 Å². The zero-order valence-electron chi connectivity index (χ0n) is 26.4. The molecule has 0 saturated carbocycles. The Labute approximate surface area is 277 Å². The van der Waals surface area contributed by atoms with Gasteiger partial charge in [0.2, 0.25) is 11.8 Å². The van der Waals surface area contributed by atoms with Gasteiger partial charge >= 0.3 is 0 Å². The quantitative estimate of drug-likeness (QED) is 0.149. The fourth-order valence-corrected chi connectivity index (χ4v) is 6.63. The summed E-state index contributed by atoms with van der Waals surface area (Å²) in [6.07, 6.45) is 1.91. The van der Waals surface area contributed by atoms with Gasteiger partial charge < -0.3 is 15.0 Å². The minimum atomic E-state index is -4.20. The number of methoxy groups -OCH3 is 1. The maximum absolute atomic E-state index is 14.5. The Balaban J connectivity index is 1.79. The molecule has 0 unspecified atom stereocenters. The van der Waals surface area contributed by atoms with Gasteiger partial charge in [-0.25, -0.2) is 8.42 Å². The zero-order valence-corrected chi connectivity index (χ0v) is 27.9. The lowest BCUT2D eigenvalue weighted by atomic mass is 10.0. The third-order valence-electron chi connectivity index (χ3n) is 7.59. The van der Waals surface area contributed by atoms with E-state index < -0.39 is 28.5 Å². The van der Waals surface area contributed by atoms with E-state index in [9.17, 15) is 18.0 Å². The summed E-state index contributed by atoms with van der Waals surface area (Å²) < 4.78 is 34.7. The molecule has 0 spiro atoms. The van der Waals surface area contributed by atoms with Gasteiger partial charge in [0.15, 0.2) is 0 Å². The summed E-state index contributed by atoms with van der Waals surface area (Å²) >= 11 is 6.31. The number of carbonyl (C=O) groups excluding carboxylic acids is 2. The molecule has 8 nitrogen and oxygen atoms in total. The predicted octanol–water partition coefficient (Wildman–Crippen LogP) is 6.41. The van der Waals surface area contributed by atoms with Crippen LogP contribution in [0.2, 0.25) is 5.02 Å². The Morgan fingerprint density at radius 3 is 2.20 bits per heavy atom. The third kappa shape index (κ3) is 9.11. The van der Waals surface area contributed by atoms with Gasteiger partial charge in [0.05, 0.1) is 17.7 Å². The lowest BCUT2D eigenvalue weighted by Crippen LogP contribution is -2.53. The number of nitrogens with one attached hydrogen (secondary N) is 1. The number of anilines is 1. The van der Waals surface area contributed by atoms with Gasteiger partial charge in [0.25, 0.3) is 10.0 Å². The van der Waals surface area contributed by atoms with E-state index in [0.717, 1.165) is 28.3 Å². The van der Waals surface area contributed by atoms with Crippen LogP contribution in [0.5, 0.6) is 5.75 Å². The molecule has 4 rings (SSSR count). The molecule has 1 N–H and O–H groups in total. The first-order chi connectivity index (χ1) is 22.1. The zero-order chi connectivity index (χ0) is 33.1. The van der Waals surface area contributed by atoms with Crippen LogP contribution in [0.25, 0.3) is 0 Å². The molecule has 0 fully saturated rings. The van der Waals surface area contributed by atoms with Gasteiger partial charge in [-0.2, -0.15) is 0 Å². The van der Waals surface area contributed by atoms with Crippen LogP contribution < -0.4 is 14.4 Å². The van der Waals surface area contributed by atoms with Crippen LogP contribution in [0.1, 0.15) is 36.5 Å². The summed E-state index contributed by atoms with van der Waals surface area (Å²) in [6.45, 7) is 3.85. The second-order valence-corrected chi connectivity index (χ2v) is 13.3. The number of hydrogen-bond acceptors (Lipinski definition) is 5. The van der Waals surface area contributed by atoms with E-state index in [1.54, 1.807) is 54.6 Å². The highest BCUT2D eigenvalue weighted by atomic mass is 35.5. The van der Waals surface area contributed by atoms with Crippen LogP contribution in [0.15, 0.2) is 108 Å². The standard InChI is InChI=1S/C36H40ClN3O5S/c1-4-5-22-38-36(42)34(24-28-10-7-6-8-11-28)39(25-29-12-9-13-30(37)23-29)35(41)26-40(31-16-18-32(45-3)19-17-31)46(43,44)33-20-14-27(2)15-21-33/h6-21,23,34H,4-5,22,24-26H2,1-3H3,(H,38,42)/t34-/m1/s1. The maximum atomic E-state index is 14.5. The molecule has 0 aliphatic heterocycles. The molecule has 0 aliphatic carbocycles. The number of benzene rings is 4. The minimum absolute atomic E-state index is 0.0408. The first-order valence-electron chi connectivity index (χ1n) is 15.2. The molecule has 0 bridgehead atoms. The number of carbonyl (C=O) groups is 2. The summed E-state index contributed by atoms with van der Waals surface area (Å²) in [5, 5.41) is 3.48. The highest BCUT2D eigenvalue weighted by Gasteiger charge is 2.34. The van der Waals surface area contributed by atoms with Crippen molar-refractivity contribution in [1.29, 1.82) is 0 Å². The van der Waals surface area contributed by atoms with Crippen molar-refractivity contribution in [2.45, 2.75) is 50.6 Å². The number of sulfonamides is 1. The molecule has 4 aromatic rings. The third-order valence-corrected chi connectivity index (χ3v) is 9.61. The van der Waals surface area contributed by atoms with Crippen molar-refractivity contribution in [3.63, 3.8) is 0 Å². The SMILES string of the molecule is CCCCNC(=O)[C@@H](Cc1ccccc1)N(Cc1cccc(Cl)c1)C(=O)CN(c1ccc(OC)cc1)S(=O)(=O)c1ccc(C)cc1. The molecular formula is C36H40ClN3O5S. The second kappa shape index (κ2) is 16.3. The number of unbranched alkanes of at least 4 members (excludes halogenated alkanes) is 1. The van der Waals surface area contributed by atoms with E-state index in [1.807, 2.05) is 50.2 Å². The molecule has 0 aliphatic rings. The number of aryl methyl sites for hydroxylation is 1. The second-order valence-electron chi connectivity index (χ2n) is 11.0. The lowest BCUT2D eigenvalue weighted by Gasteiger charge is -2.34. The normalized spacial score (nSPS) is 11.8. The van der Waals surface area contributed by atoms with Gasteiger partial charge in [-0.1, -0.05) is 85.1 Å². The molecule has 1 atom stereocenters. The van der Waals surface area contributed by atoms with Crippen LogP contribution >= 0.6 is 11.6 Å².